The highest BCUT2D eigenvalue weighted by Crippen LogP contribution is 2.30. The first-order chi connectivity index (χ1) is 11.9. The van der Waals surface area contributed by atoms with E-state index in [1.54, 1.807) is 12.3 Å². The van der Waals surface area contributed by atoms with Gasteiger partial charge in [-0.15, -0.1) is 11.8 Å². The van der Waals surface area contributed by atoms with Crippen molar-refractivity contribution in [1.82, 2.24) is 9.55 Å². The Hall–Kier alpha value is -1.66. The van der Waals surface area contributed by atoms with Gasteiger partial charge in [0.1, 0.15) is 23.5 Å². The van der Waals surface area contributed by atoms with Crippen LogP contribution < -0.4 is 22.9 Å². The first kappa shape index (κ1) is 21.4. The van der Waals surface area contributed by atoms with E-state index >= 15 is 0 Å². The van der Waals surface area contributed by atoms with Crippen LogP contribution in [-0.2, 0) is 9.53 Å². The van der Waals surface area contributed by atoms with E-state index in [0.717, 1.165) is 12.8 Å². The van der Waals surface area contributed by atoms with Crippen LogP contribution in [0.1, 0.15) is 25.5 Å². The average Bonchev–Trinajstić information content (AvgIpc) is 3.04. The Bertz CT molecular complexity index is 599. The van der Waals surface area contributed by atoms with Crippen LogP contribution >= 0.6 is 11.8 Å². The fraction of sp³-hybridized carbons (Fsp3) is 0.643. The summed E-state index contributed by atoms with van der Waals surface area (Å²) in [6.45, 7) is 0.546. The fourth-order valence-corrected chi connectivity index (χ4v) is 2.89. The highest BCUT2D eigenvalue weighted by Gasteiger charge is 2.27. The molecule has 0 spiro atoms. The van der Waals surface area contributed by atoms with Gasteiger partial charge >= 0.3 is 11.7 Å². The molecule has 0 saturated carbocycles. The molecule has 3 atom stereocenters. The molecule has 0 aliphatic carbocycles. The standard InChI is InChI=1S/C8H11N3O3S.C6H14N2O2/c9-5-1-2-11(8(13)10-5)6-4-15-7(3-12)14-6;7-4-2-1-3-5(8)6(9)10/h1-2,6-7,12H,3-4H2,(H2,9,10,13);5H,1-4,7-8H2,(H,9,10)/t6-,7+;/m1./s1. The van der Waals surface area contributed by atoms with Gasteiger partial charge in [0.05, 0.1) is 6.61 Å². The van der Waals surface area contributed by atoms with Gasteiger partial charge in [0.15, 0.2) is 0 Å². The molecule has 1 aliphatic heterocycles. The molecule has 25 heavy (non-hydrogen) atoms. The number of ether oxygens (including phenoxy) is 1. The lowest BCUT2D eigenvalue weighted by Crippen LogP contribution is -2.29. The number of carbonyl (C=O) groups is 1. The van der Waals surface area contributed by atoms with Crippen molar-refractivity contribution in [3.63, 3.8) is 0 Å². The van der Waals surface area contributed by atoms with Crippen molar-refractivity contribution < 1.29 is 19.7 Å². The van der Waals surface area contributed by atoms with Crippen LogP contribution in [0.3, 0.4) is 0 Å². The SMILES string of the molecule is NCCCCC(N)C(=O)O.Nc1ccn([C@H]2CS[C@@H](CO)O2)c(=O)n1. The molecule has 0 bridgehead atoms. The van der Waals surface area contributed by atoms with Crippen LogP contribution in [0, 0.1) is 0 Å². The predicted octanol–water partition coefficient (Wildman–Crippen LogP) is -1.07. The van der Waals surface area contributed by atoms with Crippen molar-refractivity contribution in [2.24, 2.45) is 11.5 Å². The molecule has 1 aromatic rings. The van der Waals surface area contributed by atoms with E-state index < -0.39 is 17.7 Å². The van der Waals surface area contributed by atoms with Crippen LogP contribution in [0.2, 0.25) is 0 Å². The molecular weight excluding hydrogens is 350 g/mol. The molecular formula is C14H25N5O5S. The van der Waals surface area contributed by atoms with E-state index in [2.05, 4.69) is 4.98 Å². The van der Waals surface area contributed by atoms with Crippen LogP contribution in [0.5, 0.6) is 0 Å². The van der Waals surface area contributed by atoms with Gasteiger partial charge in [0.25, 0.3) is 0 Å². The number of aliphatic carboxylic acids is 1. The van der Waals surface area contributed by atoms with Crippen LogP contribution in [0.25, 0.3) is 0 Å². The topological polar surface area (TPSA) is 180 Å². The number of nitrogen functional groups attached to an aromatic ring is 1. The molecule has 2 heterocycles. The third-order valence-corrected chi connectivity index (χ3v) is 4.44. The Balaban J connectivity index is 0.000000275. The largest absolute Gasteiger partial charge is 0.480 e. The molecule has 8 N–H and O–H groups in total. The number of nitrogens with two attached hydrogens (primary N) is 3. The minimum absolute atomic E-state index is 0.0572. The Labute approximate surface area is 149 Å². The minimum Gasteiger partial charge on any atom is -0.480 e. The number of aliphatic hydroxyl groups excluding tert-OH is 1. The first-order valence-electron chi connectivity index (χ1n) is 7.80. The second-order valence-corrected chi connectivity index (χ2v) is 6.50. The van der Waals surface area contributed by atoms with Gasteiger partial charge in [0.2, 0.25) is 0 Å². The smallest absolute Gasteiger partial charge is 0.351 e. The molecule has 1 fully saturated rings. The van der Waals surface area contributed by atoms with Gasteiger partial charge < -0.3 is 32.2 Å². The number of hydrogen-bond acceptors (Lipinski definition) is 9. The zero-order chi connectivity index (χ0) is 18.8. The van der Waals surface area contributed by atoms with E-state index in [1.165, 1.54) is 16.3 Å². The second kappa shape index (κ2) is 11.1. The summed E-state index contributed by atoms with van der Waals surface area (Å²) in [5, 5.41) is 17.2. The maximum Gasteiger partial charge on any atom is 0.351 e. The monoisotopic (exact) mass is 375 g/mol. The van der Waals surface area contributed by atoms with E-state index in [1.807, 2.05) is 0 Å². The number of hydrogen-bond donors (Lipinski definition) is 5. The summed E-state index contributed by atoms with van der Waals surface area (Å²) >= 11 is 1.47. The lowest BCUT2D eigenvalue weighted by Gasteiger charge is -2.13. The summed E-state index contributed by atoms with van der Waals surface area (Å²) in [4.78, 5) is 25.2. The molecule has 1 saturated heterocycles. The first-order valence-corrected chi connectivity index (χ1v) is 8.85. The van der Waals surface area contributed by atoms with Crippen molar-refractivity contribution in [1.29, 1.82) is 0 Å². The molecule has 0 amide bonds. The second-order valence-electron chi connectivity index (χ2n) is 5.31. The van der Waals surface area contributed by atoms with E-state index in [-0.39, 0.29) is 24.1 Å². The number of aromatic nitrogens is 2. The summed E-state index contributed by atoms with van der Waals surface area (Å²) in [7, 11) is 0. The highest BCUT2D eigenvalue weighted by atomic mass is 32.2. The van der Waals surface area contributed by atoms with Gasteiger partial charge in [-0.3, -0.25) is 9.36 Å². The Morgan fingerprint density at radius 2 is 2.24 bits per heavy atom. The van der Waals surface area contributed by atoms with Crippen molar-refractivity contribution in [3.8, 4) is 0 Å². The van der Waals surface area contributed by atoms with Crippen LogP contribution in [0.4, 0.5) is 5.82 Å². The van der Waals surface area contributed by atoms with Gasteiger partial charge in [-0.2, -0.15) is 4.98 Å². The summed E-state index contributed by atoms with van der Waals surface area (Å²) < 4.78 is 6.79. The van der Waals surface area contributed by atoms with Gasteiger partial charge in [-0.1, -0.05) is 6.42 Å². The van der Waals surface area contributed by atoms with Crippen LogP contribution in [-0.4, -0.2) is 56.1 Å². The minimum atomic E-state index is -0.933. The third-order valence-electron chi connectivity index (χ3n) is 3.33. The van der Waals surface area contributed by atoms with Crippen molar-refractivity contribution in [2.45, 2.75) is 37.0 Å². The number of carboxylic acid groups (broad SMARTS) is 1. The van der Waals surface area contributed by atoms with Crippen molar-refractivity contribution in [3.05, 3.63) is 22.7 Å². The molecule has 2 rings (SSSR count). The quantitative estimate of drug-likeness (QED) is 0.368. The predicted molar refractivity (Wildman–Crippen MR) is 94.9 cm³/mol. The summed E-state index contributed by atoms with van der Waals surface area (Å²) in [5.41, 5.74) is 15.1. The Kier molecular flexibility index (Phi) is 9.45. The van der Waals surface area contributed by atoms with E-state index in [9.17, 15) is 9.59 Å². The molecule has 11 heteroatoms. The third kappa shape index (κ3) is 7.40. The van der Waals surface area contributed by atoms with Crippen molar-refractivity contribution in [2.75, 3.05) is 24.6 Å². The number of nitrogens with zero attached hydrogens (tertiary/aromatic N) is 2. The highest BCUT2D eigenvalue weighted by molar-refractivity contribution is 8.00. The molecule has 10 nitrogen and oxygen atoms in total. The molecule has 0 radical (unpaired) electrons. The number of anilines is 1. The number of thioether (sulfide) groups is 1. The zero-order valence-electron chi connectivity index (χ0n) is 13.8. The molecule has 1 aromatic heterocycles. The fourth-order valence-electron chi connectivity index (χ4n) is 1.96. The number of aliphatic hydroxyl groups is 1. The maximum atomic E-state index is 11.4. The molecule has 142 valence electrons. The van der Waals surface area contributed by atoms with Crippen molar-refractivity contribution >= 4 is 23.5 Å². The maximum absolute atomic E-state index is 11.4. The Morgan fingerprint density at radius 1 is 1.52 bits per heavy atom. The number of rotatable bonds is 7. The zero-order valence-corrected chi connectivity index (χ0v) is 14.6. The molecule has 1 aliphatic rings. The molecule has 1 unspecified atom stereocenters. The van der Waals surface area contributed by atoms with Gasteiger partial charge in [-0.05, 0) is 25.5 Å². The summed E-state index contributed by atoms with van der Waals surface area (Å²) in [6.07, 6.45) is 3.35. The summed E-state index contributed by atoms with van der Waals surface area (Å²) in [5.74, 6) is -0.117. The lowest BCUT2D eigenvalue weighted by atomic mass is 10.1. The van der Waals surface area contributed by atoms with E-state index in [4.69, 9.17) is 32.2 Å². The lowest BCUT2D eigenvalue weighted by molar-refractivity contribution is -0.138. The number of carboxylic acids is 1. The van der Waals surface area contributed by atoms with Gasteiger partial charge in [-0.25, -0.2) is 4.79 Å². The van der Waals surface area contributed by atoms with Gasteiger partial charge in [0, 0.05) is 11.9 Å². The normalized spacial score (nSPS) is 20.6. The average molecular weight is 375 g/mol. The van der Waals surface area contributed by atoms with E-state index in [0.29, 0.717) is 18.7 Å². The van der Waals surface area contributed by atoms with Crippen LogP contribution in [0.15, 0.2) is 17.1 Å². The summed E-state index contributed by atoms with van der Waals surface area (Å²) in [6, 6.07) is 0.827. The molecule has 0 aromatic carbocycles. The number of unbranched alkanes of at least 4 members (excludes halogenated alkanes) is 1. The Morgan fingerprint density at radius 3 is 2.76 bits per heavy atom.